The van der Waals surface area contributed by atoms with Crippen LogP contribution in [0.5, 0.6) is 5.75 Å². The number of benzene rings is 2. The Morgan fingerprint density at radius 2 is 1.68 bits per heavy atom. The van der Waals surface area contributed by atoms with E-state index in [-0.39, 0.29) is 28.6 Å². The molecule has 0 aliphatic rings. The molecule has 3 aromatic rings. The van der Waals surface area contributed by atoms with Gasteiger partial charge in [0.15, 0.2) is 0 Å². The van der Waals surface area contributed by atoms with Crippen molar-refractivity contribution in [3.63, 3.8) is 0 Å². The first-order valence-electron chi connectivity index (χ1n) is 8.05. The minimum atomic E-state index is -1.36. The van der Waals surface area contributed by atoms with Gasteiger partial charge in [-0.15, -0.1) is 0 Å². The summed E-state index contributed by atoms with van der Waals surface area (Å²) < 4.78 is 13.1. The second-order valence-corrected chi connectivity index (χ2v) is 5.66. The normalized spacial score (nSPS) is 10.2. The zero-order chi connectivity index (χ0) is 20.1. The Kier molecular flexibility index (Phi) is 5.35. The SMILES string of the molecule is O=C(O)Nc1cc(Nc2ccc(F)cc2O)cc(C(=O)Nc2ccccc2)n1. The molecule has 2 amide bonds. The van der Waals surface area contributed by atoms with Crippen LogP contribution in [-0.2, 0) is 0 Å². The summed E-state index contributed by atoms with van der Waals surface area (Å²) in [5.74, 6) is -1.63. The topological polar surface area (TPSA) is 124 Å². The number of hydrogen-bond donors (Lipinski definition) is 5. The van der Waals surface area contributed by atoms with E-state index in [1.807, 2.05) is 0 Å². The fourth-order valence-electron chi connectivity index (χ4n) is 2.38. The molecular weight excluding hydrogens is 367 g/mol. The van der Waals surface area contributed by atoms with E-state index in [1.165, 1.54) is 18.2 Å². The number of pyridine rings is 1. The number of anilines is 4. The van der Waals surface area contributed by atoms with E-state index in [1.54, 1.807) is 30.3 Å². The van der Waals surface area contributed by atoms with Gasteiger partial charge < -0.3 is 20.8 Å². The Morgan fingerprint density at radius 1 is 0.929 bits per heavy atom. The van der Waals surface area contributed by atoms with Crippen LogP contribution in [0.2, 0.25) is 0 Å². The molecule has 0 aliphatic heterocycles. The first-order valence-corrected chi connectivity index (χ1v) is 8.05. The molecule has 0 radical (unpaired) electrons. The molecule has 8 nitrogen and oxygen atoms in total. The number of aromatic hydroxyl groups is 1. The number of para-hydroxylation sites is 1. The van der Waals surface area contributed by atoms with E-state index < -0.39 is 17.8 Å². The third-order valence-electron chi connectivity index (χ3n) is 3.56. The number of rotatable bonds is 5. The van der Waals surface area contributed by atoms with Gasteiger partial charge in [0.05, 0.1) is 5.69 Å². The zero-order valence-corrected chi connectivity index (χ0v) is 14.3. The molecule has 142 valence electrons. The minimum absolute atomic E-state index is 0.0702. The molecule has 0 fully saturated rings. The van der Waals surface area contributed by atoms with Gasteiger partial charge in [-0.25, -0.2) is 14.2 Å². The number of carbonyl (C=O) groups is 2. The van der Waals surface area contributed by atoms with E-state index in [4.69, 9.17) is 5.11 Å². The molecule has 0 aliphatic carbocycles. The molecule has 0 saturated heterocycles. The number of carboxylic acid groups (broad SMARTS) is 1. The molecule has 0 atom stereocenters. The summed E-state index contributed by atoms with van der Waals surface area (Å²) >= 11 is 0. The summed E-state index contributed by atoms with van der Waals surface area (Å²) in [6, 6.07) is 14.7. The number of nitrogens with one attached hydrogen (secondary N) is 3. The maximum absolute atomic E-state index is 13.1. The fraction of sp³-hybridized carbons (Fsp3) is 0. The lowest BCUT2D eigenvalue weighted by atomic mass is 10.2. The number of phenolic OH excluding ortho intramolecular Hbond substituents is 1. The molecule has 0 saturated carbocycles. The number of carbonyl (C=O) groups excluding carboxylic acids is 1. The standard InChI is InChI=1S/C19H15FN4O4/c20-11-6-7-14(16(25)8-11)21-13-9-15(23-17(10-13)24-19(27)28)18(26)22-12-4-2-1-3-5-12/h1-10,25H,(H,22,26)(H,27,28)(H2,21,23,24). The second kappa shape index (κ2) is 8.04. The van der Waals surface area contributed by atoms with Crippen LogP contribution in [0.4, 0.5) is 32.1 Å². The van der Waals surface area contributed by atoms with Gasteiger partial charge in [-0.05, 0) is 30.3 Å². The van der Waals surface area contributed by atoms with Crippen LogP contribution in [0.15, 0.2) is 60.7 Å². The van der Waals surface area contributed by atoms with Gasteiger partial charge in [0.2, 0.25) is 0 Å². The lowest BCUT2D eigenvalue weighted by Gasteiger charge is -2.12. The van der Waals surface area contributed by atoms with Crippen LogP contribution >= 0.6 is 0 Å². The summed E-state index contributed by atoms with van der Waals surface area (Å²) in [4.78, 5) is 27.4. The summed E-state index contributed by atoms with van der Waals surface area (Å²) in [6.45, 7) is 0. The highest BCUT2D eigenvalue weighted by Crippen LogP contribution is 2.28. The second-order valence-electron chi connectivity index (χ2n) is 5.66. The van der Waals surface area contributed by atoms with Gasteiger partial charge in [-0.1, -0.05) is 18.2 Å². The number of amides is 2. The highest BCUT2D eigenvalue weighted by Gasteiger charge is 2.13. The number of nitrogens with zero attached hydrogens (tertiary/aromatic N) is 1. The Morgan fingerprint density at radius 3 is 2.36 bits per heavy atom. The molecular formula is C19H15FN4O4. The van der Waals surface area contributed by atoms with Crippen molar-refractivity contribution in [2.45, 2.75) is 0 Å². The lowest BCUT2D eigenvalue weighted by Crippen LogP contribution is -2.16. The zero-order valence-electron chi connectivity index (χ0n) is 14.3. The summed E-state index contributed by atoms with van der Waals surface area (Å²) in [7, 11) is 0. The van der Waals surface area contributed by atoms with E-state index in [2.05, 4.69) is 20.9 Å². The Balaban J connectivity index is 1.92. The lowest BCUT2D eigenvalue weighted by molar-refractivity contribution is 0.102. The molecule has 1 heterocycles. The van der Waals surface area contributed by atoms with E-state index in [0.717, 1.165) is 12.1 Å². The summed E-state index contributed by atoms with van der Waals surface area (Å²) in [5.41, 5.74) is 0.901. The number of halogens is 1. The Labute approximate surface area is 158 Å². The van der Waals surface area contributed by atoms with Crippen molar-refractivity contribution >= 4 is 34.9 Å². The number of aromatic nitrogens is 1. The molecule has 9 heteroatoms. The Hall–Kier alpha value is -4.14. The Bertz CT molecular complexity index is 1030. The largest absolute Gasteiger partial charge is 0.506 e. The third-order valence-corrected chi connectivity index (χ3v) is 3.56. The summed E-state index contributed by atoms with van der Waals surface area (Å²) in [5, 5.41) is 26.3. The maximum atomic E-state index is 13.1. The van der Waals surface area contributed by atoms with Crippen molar-refractivity contribution in [2.24, 2.45) is 0 Å². The van der Waals surface area contributed by atoms with Crippen molar-refractivity contribution in [1.29, 1.82) is 0 Å². The molecule has 0 unspecified atom stereocenters. The molecule has 1 aromatic heterocycles. The fourth-order valence-corrected chi connectivity index (χ4v) is 2.38. The average molecular weight is 382 g/mol. The van der Waals surface area contributed by atoms with E-state index in [0.29, 0.717) is 5.69 Å². The van der Waals surface area contributed by atoms with Gasteiger partial charge in [0.25, 0.3) is 5.91 Å². The molecule has 3 rings (SSSR count). The first kappa shape index (κ1) is 18.6. The summed E-state index contributed by atoms with van der Waals surface area (Å²) in [6.07, 6.45) is -1.36. The molecule has 0 spiro atoms. The van der Waals surface area contributed by atoms with Gasteiger partial charge in [-0.2, -0.15) is 0 Å². The maximum Gasteiger partial charge on any atom is 0.410 e. The van der Waals surface area contributed by atoms with Crippen molar-refractivity contribution in [1.82, 2.24) is 4.98 Å². The van der Waals surface area contributed by atoms with Crippen LogP contribution in [-0.4, -0.2) is 27.2 Å². The number of hydrogen-bond acceptors (Lipinski definition) is 5. The van der Waals surface area contributed by atoms with Crippen molar-refractivity contribution in [3.05, 3.63) is 72.2 Å². The quantitative estimate of drug-likeness (QED) is 0.425. The van der Waals surface area contributed by atoms with Gasteiger partial charge in [-0.3, -0.25) is 10.1 Å². The van der Waals surface area contributed by atoms with Crippen LogP contribution in [0.3, 0.4) is 0 Å². The highest BCUT2D eigenvalue weighted by molar-refractivity contribution is 6.04. The van der Waals surface area contributed by atoms with Crippen molar-refractivity contribution in [3.8, 4) is 5.75 Å². The van der Waals surface area contributed by atoms with Crippen LogP contribution in [0, 0.1) is 5.82 Å². The average Bonchev–Trinajstić information content (AvgIpc) is 2.64. The predicted molar refractivity (Wildman–Crippen MR) is 102 cm³/mol. The number of phenols is 1. The molecule has 2 aromatic carbocycles. The van der Waals surface area contributed by atoms with Gasteiger partial charge in [0, 0.05) is 23.5 Å². The van der Waals surface area contributed by atoms with E-state index in [9.17, 15) is 19.1 Å². The predicted octanol–water partition coefficient (Wildman–Crippen LogP) is 4.01. The van der Waals surface area contributed by atoms with Crippen LogP contribution in [0.25, 0.3) is 0 Å². The smallest absolute Gasteiger partial charge is 0.410 e. The molecule has 5 N–H and O–H groups in total. The van der Waals surface area contributed by atoms with Crippen LogP contribution in [0.1, 0.15) is 10.5 Å². The van der Waals surface area contributed by atoms with Crippen molar-refractivity contribution in [2.75, 3.05) is 16.0 Å². The van der Waals surface area contributed by atoms with Crippen LogP contribution < -0.4 is 16.0 Å². The van der Waals surface area contributed by atoms with Gasteiger partial charge >= 0.3 is 6.09 Å². The molecule has 28 heavy (non-hydrogen) atoms. The first-order chi connectivity index (χ1) is 13.4. The highest BCUT2D eigenvalue weighted by atomic mass is 19.1. The minimum Gasteiger partial charge on any atom is -0.506 e. The van der Waals surface area contributed by atoms with Crippen molar-refractivity contribution < 1.29 is 24.2 Å². The third kappa shape index (κ3) is 4.73. The van der Waals surface area contributed by atoms with Gasteiger partial charge in [0.1, 0.15) is 23.1 Å². The monoisotopic (exact) mass is 382 g/mol. The molecule has 0 bridgehead atoms. The van der Waals surface area contributed by atoms with E-state index >= 15 is 0 Å².